The number of ether oxygens (including phenoxy) is 1. The maximum Gasteiger partial charge on any atom is 0.251 e. The topological polar surface area (TPSA) is 58.6 Å². The number of hydrogen-bond donors (Lipinski definition) is 2. The second-order valence-electron chi connectivity index (χ2n) is 5.35. The van der Waals surface area contributed by atoms with Crippen molar-refractivity contribution in [3.8, 4) is 5.75 Å². The molecule has 21 heavy (non-hydrogen) atoms. The molecule has 0 bridgehead atoms. The van der Waals surface area contributed by atoms with Gasteiger partial charge in [-0.25, -0.2) is 0 Å². The number of benzene rings is 1. The zero-order chi connectivity index (χ0) is 15.5. The standard InChI is InChI=1S/C17H27NO3/c1-3-4-5-6-7-12-21-16-10-8-15(9-11-16)17(20)18-13-14(2)19/h8-11,14,19H,3-7,12-13H2,1-2H3,(H,18,20). The predicted octanol–water partition coefficient (Wildman–Crippen LogP) is 3.15. The highest BCUT2D eigenvalue weighted by Crippen LogP contribution is 2.13. The fraction of sp³-hybridized carbons (Fsp3) is 0.588. The first-order valence-corrected chi connectivity index (χ1v) is 7.82. The smallest absolute Gasteiger partial charge is 0.251 e. The van der Waals surface area contributed by atoms with Crippen LogP contribution in [0.1, 0.15) is 56.3 Å². The van der Waals surface area contributed by atoms with Crippen LogP contribution in [0.2, 0.25) is 0 Å². The van der Waals surface area contributed by atoms with Crippen LogP contribution in [-0.4, -0.2) is 30.3 Å². The summed E-state index contributed by atoms with van der Waals surface area (Å²) >= 11 is 0. The van der Waals surface area contributed by atoms with Crippen molar-refractivity contribution in [3.63, 3.8) is 0 Å². The van der Waals surface area contributed by atoms with Crippen molar-refractivity contribution in [2.45, 2.75) is 52.1 Å². The number of amides is 1. The van der Waals surface area contributed by atoms with E-state index in [1.807, 2.05) is 12.1 Å². The van der Waals surface area contributed by atoms with Crippen LogP contribution in [0.15, 0.2) is 24.3 Å². The Morgan fingerprint density at radius 2 is 1.86 bits per heavy atom. The monoisotopic (exact) mass is 293 g/mol. The Balaban J connectivity index is 2.28. The lowest BCUT2D eigenvalue weighted by Gasteiger charge is -2.09. The lowest BCUT2D eigenvalue weighted by Crippen LogP contribution is -2.30. The predicted molar refractivity (Wildman–Crippen MR) is 84.7 cm³/mol. The Bertz CT molecular complexity index is 401. The fourth-order valence-corrected chi connectivity index (χ4v) is 1.94. The van der Waals surface area contributed by atoms with Crippen molar-refractivity contribution in [2.75, 3.05) is 13.2 Å². The molecule has 1 atom stereocenters. The van der Waals surface area contributed by atoms with Crippen molar-refractivity contribution < 1.29 is 14.6 Å². The number of rotatable bonds is 10. The van der Waals surface area contributed by atoms with Crippen molar-refractivity contribution in [1.29, 1.82) is 0 Å². The lowest BCUT2D eigenvalue weighted by atomic mass is 10.2. The van der Waals surface area contributed by atoms with Gasteiger partial charge in [0.1, 0.15) is 5.75 Å². The molecule has 0 spiro atoms. The number of nitrogens with one attached hydrogen (secondary N) is 1. The van der Waals surface area contributed by atoms with Crippen molar-refractivity contribution in [1.82, 2.24) is 5.32 Å². The Kier molecular flexibility index (Phi) is 8.51. The second kappa shape index (κ2) is 10.2. The van der Waals surface area contributed by atoms with Gasteiger partial charge >= 0.3 is 0 Å². The molecular formula is C17H27NO3. The summed E-state index contributed by atoms with van der Waals surface area (Å²) in [6, 6.07) is 7.10. The summed E-state index contributed by atoms with van der Waals surface area (Å²) in [6.07, 6.45) is 5.53. The summed E-state index contributed by atoms with van der Waals surface area (Å²) in [6.45, 7) is 4.82. The average molecular weight is 293 g/mol. The van der Waals surface area contributed by atoms with Crippen molar-refractivity contribution in [3.05, 3.63) is 29.8 Å². The first-order chi connectivity index (χ1) is 10.1. The van der Waals surface area contributed by atoms with Gasteiger partial charge in [-0.05, 0) is 37.6 Å². The van der Waals surface area contributed by atoms with Crippen LogP contribution in [0.4, 0.5) is 0 Å². The lowest BCUT2D eigenvalue weighted by molar-refractivity contribution is 0.0924. The minimum absolute atomic E-state index is 0.179. The van der Waals surface area contributed by atoms with E-state index in [2.05, 4.69) is 12.2 Å². The fourth-order valence-electron chi connectivity index (χ4n) is 1.94. The first kappa shape index (κ1) is 17.5. The quantitative estimate of drug-likeness (QED) is 0.652. The molecule has 0 aliphatic heterocycles. The van der Waals surface area contributed by atoms with E-state index in [1.54, 1.807) is 19.1 Å². The Morgan fingerprint density at radius 3 is 2.48 bits per heavy atom. The molecule has 2 N–H and O–H groups in total. The van der Waals surface area contributed by atoms with Gasteiger partial charge in [0.15, 0.2) is 0 Å². The number of carbonyl (C=O) groups is 1. The van der Waals surface area contributed by atoms with E-state index in [4.69, 9.17) is 9.84 Å². The van der Waals surface area contributed by atoms with E-state index in [9.17, 15) is 4.79 Å². The zero-order valence-corrected chi connectivity index (χ0v) is 13.1. The molecule has 0 aliphatic carbocycles. The van der Waals surface area contributed by atoms with Gasteiger partial charge < -0.3 is 15.2 Å². The van der Waals surface area contributed by atoms with Crippen LogP contribution in [0, 0.1) is 0 Å². The third-order valence-corrected chi connectivity index (χ3v) is 3.19. The molecule has 1 amide bonds. The molecule has 4 heteroatoms. The maximum absolute atomic E-state index is 11.8. The highest BCUT2D eigenvalue weighted by atomic mass is 16.5. The summed E-state index contributed by atoms with van der Waals surface area (Å²) in [5, 5.41) is 11.8. The van der Waals surface area contributed by atoms with E-state index in [0.717, 1.165) is 18.8 Å². The summed E-state index contributed by atoms with van der Waals surface area (Å²) in [5.41, 5.74) is 0.575. The van der Waals surface area contributed by atoms with Crippen LogP contribution in [0.25, 0.3) is 0 Å². The highest BCUT2D eigenvalue weighted by molar-refractivity contribution is 5.94. The summed E-state index contributed by atoms with van der Waals surface area (Å²) in [4.78, 5) is 11.8. The van der Waals surface area contributed by atoms with Crippen molar-refractivity contribution in [2.24, 2.45) is 0 Å². The van der Waals surface area contributed by atoms with Gasteiger partial charge in [-0.1, -0.05) is 32.6 Å². The van der Waals surface area contributed by atoms with Crippen LogP contribution < -0.4 is 10.1 Å². The second-order valence-corrected chi connectivity index (χ2v) is 5.35. The Morgan fingerprint density at radius 1 is 1.19 bits per heavy atom. The van der Waals surface area contributed by atoms with Crippen LogP contribution >= 0.6 is 0 Å². The molecule has 0 saturated carbocycles. The third-order valence-electron chi connectivity index (χ3n) is 3.19. The van der Waals surface area contributed by atoms with E-state index in [1.165, 1.54) is 25.7 Å². The van der Waals surface area contributed by atoms with Gasteiger partial charge in [0.25, 0.3) is 5.91 Å². The Hall–Kier alpha value is -1.55. The number of carbonyl (C=O) groups excluding carboxylic acids is 1. The third kappa shape index (κ3) is 7.71. The maximum atomic E-state index is 11.8. The molecule has 0 heterocycles. The summed E-state index contributed by atoms with van der Waals surface area (Å²) in [7, 11) is 0. The molecule has 4 nitrogen and oxygen atoms in total. The SMILES string of the molecule is CCCCCCCOc1ccc(C(=O)NCC(C)O)cc1. The number of hydrogen-bond acceptors (Lipinski definition) is 3. The van der Waals surface area contributed by atoms with E-state index in [0.29, 0.717) is 5.56 Å². The molecule has 1 aromatic rings. The number of aliphatic hydroxyl groups is 1. The van der Waals surface area contributed by atoms with Gasteiger partial charge in [-0.3, -0.25) is 4.79 Å². The molecule has 0 radical (unpaired) electrons. The minimum Gasteiger partial charge on any atom is -0.494 e. The minimum atomic E-state index is -0.538. The van der Waals surface area contributed by atoms with E-state index in [-0.39, 0.29) is 12.5 Å². The van der Waals surface area contributed by atoms with E-state index < -0.39 is 6.10 Å². The summed E-state index contributed by atoms with van der Waals surface area (Å²) < 4.78 is 5.65. The molecule has 1 unspecified atom stereocenters. The van der Waals surface area contributed by atoms with Crippen LogP contribution in [-0.2, 0) is 0 Å². The molecule has 0 fully saturated rings. The van der Waals surface area contributed by atoms with Gasteiger partial charge in [-0.2, -0.15) is 0 Å². The van der Waals surface area contributed by atoms with Gasteiger partial charge in [-0.15, -0.1) is 0 Å². The molecular weight excluding hydrogens is 266 g/mol. The average Bonchev–Trinajstić information content (AvgIpc) is 2.49. The van der Waals surface area contributed by atoms with Crippen molar-refractivity contribution >= 4 is 5.91 Å². The Labute approximate surface area is 127 Å². The number of unbranched alkanes of at least 4 members (excludes halogenated alkanes) is 4. The van der Waals surface area contributed by atoms with Gasteiger partial charge in [0.05, 0.1) is 12.7 Å². The molecule has 1 aromatic carbocycles. The van der Waals surface area contributed by atoms with Gasteiger partial charge in [0.2, 0.25) is 0 Å². The largest absolute Gasteiger partial charge is 0.494 e. The van der Waals surface area contributed by atoms with E-state index >= 15 is 0 Å². The van der Waals surface area contributed by atoms with Crippen LogP contribution in [0.5, 0.6) is 5.75 Å². The van der Waals surface area contributed by atoms with Gasteiger partial charge in [0, 0.05) is 12.1 Å². The zero-order valence-electron chi connectivity index (χ0n) is 13.1. The first-order valence-electron chi connectivity index (χ1n) is 7.82. The molecule has 0 saturated heterocycles. The normalized spacial score (nSPS) is 12.0. The molecule has 0 aliphatic rings. The molecule has 118 valence electrons. The highest BCUT2D eigenvalue weighted by Gasteiger charge is 2.06. The number of aliphatic hydroxyl groups excluding tert-OH is 1. The molecule has 1 rings (SSSR count). The summed E-state index contributed by atoms with van der Waals surface area (Å²) in [5.74, 6) is 0.611. The molecule has 0 aromatic heterocycles. The van der Waals surface area contributed by atoms with Crippen LogP contribution in [0.3, 0.4) is 0 Å².